The second-order valence-electron chi connectivity index (χ2n) is 4.06. The Morgan fingerprint density at radius 3 is 2.95 bits per heavy atom. The number of rotatable bonds is 4. The van der Waals surface area contributed by atoms with Crippen LogP contribution < -0.4 is 10.5 Å². The molecule has 1 aromatic heterocycles. The van der Waals surface area contributed by atoms with Gasteiger partial charge >= 0.3 is 5.97 Å². The molecule has 2 aromatic rings. The first-order chi connectivity index (χ1) is 9.13. The number of anilines is 1. The predicted octanol–water partition coefficient (Wildman–Crippen LogP) is 2.15. The van der Waals surface area contributed by atoms with Crippen LogP contribution in [-0.4, -0.2) is 23.7 Å². The Morgan fingerprint density at radius 2 is 2.21 bits per heavy atom. The van der Waals surface area contributed by atoms with E-state index in [0.29, 0.717) is 23.6 Å². The summed E-state index contributed by atoms with van der Waals surface area (Å²) in [6.45, 7) is 3.74. The molecule has 5 heteroatoms. The third-order valence-electron chi connectivity index (χ3n) is 2.68. The number of aromatic nitrogens is 1. The molecule has 0 amide bonds. The van der Waals surface area contributed by atoms with Gasteiger partial charge in [-0.05, 0) is 38.1 Å². The number of carbonyl (C=O) groups is 1. The highest BCUT2D eigenvalue weighted by Gasteiger charge is 2.17. The van der Waals surface area contributed by atoms with Crippen LogP contribution in [0.25, 0.3) is 10.9 Å². The maximum atomic E-state index is 11.6. The zero-order valence-corrected chi connectivity index (χ0v) is 10.9. The molecule has 0 aliphatic rings. The number of benzene rings is 1. The van der Waals surface area contributed by atoms with Gasteiger partial charge in [0.1, 0.15) is 5.75 Å². The summed E-state index contributed by atoms with van der Waals surface area (Å²) in [7, 11) is 0. The average molecular weight is 260 g/mol. The number of pyridine rings is 1. The Bertz CT molecular complexity index is 598. The molecule has 2 rings (SSSR count). The van der Waals surface area contributed by atoms with Crippen LogP contribution in [0.4, 0.5) is 5.69 Å². The maximum Gasteiger partial charge on any atom is 0.347 e. The molecular weight excluding hydrogens is 244 g/mol. The van der Waals surface area contributed by atoms with Gasteiger partial charge in [-0.2, -0.15) is 0 Å². The fraction of sp³-hybridized carbons (Fsp3) is 0.286. The minimum atomic E-state index is -0.674. The number of nitrogens with zero attached hydrogens (tertiary/aromatic N) is 1. The van der Waals surface area contributed by atoms with Crippen molar-refractivity contribution in [2.24, 2.45) is 0 Å². The topological polar surface area (TPSA) is 74.4 Å². The van der Waals surface area contributed by atoms with Crippen molar-refractivity contribution < 1.29 is 14.3 Å². The van der Waals surface area contributed by atoms with Crippen molar-refractivity contribution >= 4 is 22.6 Å². The minimum Gasteiger partial charge on any atom is -0.478 e. The minimum absolute atomic E-state index is 0.330. The third-order valence-corrected chi connectivity index (χ3v) is 2.68. The zero-order valence-electron chi connectivity index (χ0n) is 10.9. The summed E-state index contributed by atoms with van der Waals surface area (Å²) < 4.78 is 10.5. The van der Waals surface area contributed by atoms with E-state index >= 15 is 0 Å². The monoisotopic (exact) mass is 260 g/mol. The summed E-state index contributed by atoms with van der Waals surface area (Å²) in [5, 5.41) is 0.777. The van der Waals surface area contributed by atoms with E-state index in [2.05, 4.69) is 4.98 Å². The van der Waals surface area contributed by atoms with Crippen LogP contribution in [-0.2, 0) is 9.53 Å². The van der Waals surface area contributed by atoms with Crippen LogP contribution in [0.15, 0.2) is 30.5 Å². The van der Waals surface area contributed by atoms with Gasteiger partial charge in [-0.25, -0.2) is 4.79 Å². The number of esters is 1. The molecule has 0 saturated heterocycles. The second-order valence-corrected chi connectivity index (χ2v) is 4.06. The molecule has 1 atom stereocenters. The number of ether oxygens (including phenoxy) is 2. The first-order valence-electron chi connectivity index (χ1n) is 6.10. The number of hydrogen-bond acceptors (Lipinski definition) is 5. The van der Waals surface area contributed by atoms with Crippen LogP contribution in [0, 0.1) is 0 Å². The Balaban J connectivity index is 2.31. The SMILES string of the molecule is CCOC(=O)C(C)Oc1ccc(N)c2ncccc12. The number of hydrogen-bond donors (Lipinski definition) is 1. The first-order valence-corrected chi connectivity index (χ1v) is 6.10. The van der Waals surface area contributed by atoms with Gasteiger partial charge in [0.15, 0.2) is 6.10 Å². The highest BCUT2D eigenvalue weighted by molar-refractivity contribution is 5.94. The number of carbonyl (C=O) groups excluding carboxylic acids is 1. The van der Waals surface area contributed by atoms with E-state index in [1.54, 1.807) is 38.2 Å². The third kappa shape index (κ3) is 2.76. The largest absolute Gasteiger partial charge is 0.478 e. The summed E-state index contributed by atoms with van der Waals surface area (Å²) in [5.74, 6) is 0.175. The molecule has 19 heavy (non-hydrogen) atoms. The van der Waals surface area contributed by atoms with Crippen LogP contribution >= 0.6 is 0 Å². The standard InChI is InChI=1S/C14H16N2O3/c1-3-18-14(17)9(2)19-12-7-6-11(15)13-10(12)5-4-8-16-13/h4-9H,3,15H2,1-2H3. The molecule has 0 saturated carbocycles. The van der Waals surface area contributed by atoms with E-state index in [1.165, 1.54) is 0 Å². The lowest BCUT2D eigenvalue weighted by Crippen LogP contribution is -2.26. The average Bonchev–Trinajstić information content (AvgIpc) is 2.42. The second kappa shape index (κ2) is 5.56. The van der Waals surface area contributed by atoms with Crippen molar-refractivity contribution in [2.75, 3.05) is 12.3 Å². The van der Waals surface area contributed by atoms with Crippen LogP contribution in [0.2, 0.25) is 0 Å². The van der Waals surface area contributed by atoms with Crippen molar-refractivity contribution in [2.45, 2.75) is 20.0 Å². The summed E-state index contributed by atoms with van der Waals surface area (Å²) in [4.78, 5) is 15.8. The Kier molecular flexibility index (Phi) is 3.85. The van der Waals surface area contributed by atoms with Gasteiger partial charge in [0.25, 0.3) is 0 Å². The highest BCUT2D eigenvalue weighted by Crippen LogP contribution is 2.29. The molecule has 0 bridgehead atoms. The molecule has 0 fully saturated rings. The quantitative estimate of drug-likeness (QED) is 0.673. The van der Waals surface area contributed by atoms with Gasteiger partial charge in [0.2, 0.25) is 0 Å². The van der Waals surface area contributed by atoms with Gasteiger partial charge in [0.05, 0.1) is 17.8 Å². The molecule has 1 unspecified atom stereocenters. The number of nitrogen functional groups attached to an aromatic ring is 1. The van der Waals surface area contributed by atoms with Gasteiger partial charge < -0.3 is 15.2 Å². The lowest BCUT2D eigenvalue weighted by molar-refractivity contribution is -0.150. The smallest absolute Gasteiger partial charge is 0.347 e. The Morgan fingerprint density at radius 1 is 1.42 bits per heavy atom. The molecule has 0 radical (unpaired) electrons. The fourth-order valence-electron chi connectivity index (χ4n) is 1.77. The first kappa shape index (κ1) is 13.1. The molecule has 0 aliphatic carbocycles. The lowest BCUT2D eigenvalue weighted by atomic mass is 10.1. The van der Waals surface area contributed by atoms with Crippen molar-refractivity contribution in [3.05, 3.63) is 30.5 Å². The Labute approximate surface area is 111 Å². The van der Waals surface area contributed by atoms with Gasteiger partial charge in [-0.3, -0.25) is 4.98 Å². The fourth-order valence-corrected chi connectivity index (χ4v) is 1.77. The predicted molar refractivity (Wildman–Crippen MR) is 72.9 cm³/mol. The van der Waals surface area contributed by atoms with E-state index < -0.39 is 12.1 Å². The summed E-state index contributed by atoms with van der Waals surface area (Å²) in [5.41, 5.74) is 7.09. The van der Waals surface area contributed by atoms with Crippen molar-refractivity contribution in [1.29, 1.82) is 0 Å². The van der Waals surface area contributed by atoms with Crippen LogP contribution in [0.5, 0.6) is 5.75 Å². The summed E-state index contributed by atoms with van der Waals surface area (Å²) in [6, 6.07) is 7.09. The van der Waals surface area contributed by atoms with E-state index in [0.717, 1.165) is 5.39 Å². The molecule has 1 aromatic carbocycles. The molecular formula is C14H16N2O3. The van der Waals surface area contributed by atoms with E-state index in [1.807, 2.05) is 6.07 Å². The number of fused-ring (bicyclic) bond motifs is 1. The van der Waals surface area contributed by atoms with E-state index in [4.69, 9.17) is 15.2 Å². The summed E-state index contributed by atoms with van der Waals surface area (Å²) in [6.07, 6.45) is 0.990. The zero-order chi connectivity index (χ0) is 13.8. The van der Waals surface area contributed by atoms with Gasteiger partial charge in [-0.1, -0.05) is 0 Å². The Hall–Kier alpha value is -2.30. The van der Waals surface area contributed by atoms with Crippen LogP contribution in [0.3, 0.4) is 0 Å². The molecule has 100 valence electrons. The maximum absolute atomic E-state index is 11.6. The van der Waals surface area contributed by atoms with E-state index in [9.17, 15) is 4.79 Å². The molecule has 5 nitrogen and oxygen atoms in total. The number of nitrogens with two attached hydrogens (primary N) is 1. The van der Waals surface area contributed by atoms with Crippen LogP contribution in [0.1, 0.15) is 13.8 Å². The van der Waals surface area contributed by atoms with Crippen molar-refractivity contribution in [3.8, 4) is 5.75 Å². The molecule has 2 N–H and O–H groups in total. The normalized spacial score (nSPS) is 12.1. The van der Waals surface area contributed by atoms with Crippen molar-refractivity contribution in [3.63, 3.8) is 0 Å². The summed E-state index contributed by atoms with van der Waals surface area (Å²) >= 11 is 0. The van der Waals surface area contributed by atoms with Gasteiger partial charge in [0, 0.05) is 11.6 Å². The molecule has 1 heterocycles. The lowest BCUT2D eigenvalue weighted by Gasteiger charge is -2.15. The van der Waals surface area contributed by atoms with Crippen molar-refractivity contribution in [1.82, 2.24) is 4.98 Å². The van der Waals surface area contributed by atoms with Gasteiger partial charge in [-0.15, -0.1) is 0 Å². The molecule has 0 spiro atoms. The highest BCUT2D eigenvalue weighted by atomic mass is 16.6. The molecule has 0 aliphatic heterocycles. The van der Waals surface area contributed by atoms with E-state index in [-0.39, 0.29) is 0 Å².